The van der Waals surface area contributed by atoms with E-state index in [-0.39, 0.29) is 60.1 Å². The monoisotopic (exact) mass is 930 g/mol. The lowest BCUT2D eigenvalue weighted by atomic mass is 9.98. The van der Waals surface area contributed by atoms with Crippen molar-refractivity contribution in [3.63, 3.8) is 0 Å². The highest BCUT2D eigenvalue weighted by Gasteiger charge is 2.39. The smallest absolute Gasteiger partial charge is 0.418 e. The Labute approximate surface area is 382 Å². The standard InChI is InChI=1S/C47H44Cl2F4N8O4/c1-27-22-36(61(25-30-8-14-33(63-4)15-9-30)26-31-10-16-34(64-5)17-11-31)59-43(38(27)47(51,52)53)37-39(48)44(35-24-58-46(49)60-42(35)40(37)50)65-21-20-54-28(2)41-45(56-19-18-55-41)57-23-29-6-12-32(62-3)13-7-29/h6-19,22,24,28,54H,20-21,23,25-26H2,1-5H3,(H,56,57)/t28-/m1/s1. The number of aryl methyl sites for hydroxylation is 1. The molecule has 1 atom stereocenters. The summed E-state index contributed by atoms with van der Waals surface area (Å²) in [5, 5.41) is 5.85. The number of rotatable bonds is 18. The van der Waals surface area contributed by atoms with E-state index in [1.165, 1.54) is 19.2 Å². The van der Waals surface area contributed by atoms with E-state index in [1.807, 2.05) is 55.5 Å². The maximum atomic E-state index is 17.0. The second-order valence-electron chi connectivity index (χ2n) is 14.8. The number of ether oxygens (including phenoxy) is 4. The van der Waals surface area contributed by atoms with Crippen LogP contribution >= 0.6 is 23.2 Å². The van der Waals surface area contributed by atoms with Crippen LogP contribution in [0, 0.1) is 12.7 Å². The molecule has 0 aliphatic carbocycles. The molecule has 3 heterocycles. The van der Waals surface area contributed by atoms with Gasteiger partial charge in [0, 0.05) is 44.8 Å². The van der Waals surface area contributed by atoms with Gasteiger partial charge in [0.25, 0.3) is 0 Å². The van der Waals surface area contributed by atoms with Crippen molar-refractivity contribution in [2.24, 2.45) is 0 Å². The highest BCUT2D eigenvalue weighted by molar-refractivity contribution is 6.36. The van der Waals surface area contributed by atoms with Crippen molar-refractivity contribution in [2.45, 2.75) is 45.7 Å². The Kier molecular flexibility index (Phi) is 14.7. The number of methoxy groups -OCH3 is 3. The molecule has 2 N–H and O–H groups in total. The van der Waals surface area contributed by atoms with E-state index in [9.17, 15) is 0 Å². The second-order valence-corrected chi connectivity index (χ2v) is 15.5. The summed E-state index contributed by atoms with van der Waals surface area (Å²) in [6, 6.07) is 23.1. The molecular weight excluding hydrogens is 887 g/mol. The molecule has 0 bridgehead atoms. The number of aromatic nitrogens is 5. The summed E-state index contributed by atoms with van der Waals surface area (Å²) in [4.78, 5) is 23.5. The Morgan fingerprint density at radius 3 is 1.91 bits per heavy atom. The first-order valence-electron chi connectivity index (χ1n) is 20.2. The molecule has 0 unspecified atom stereocenters. The molecule has 0 radical (unpaired) electrons. The summed E-state index contributed by atoms with van der Waals surface area (Å²) in [5.74, 6) is 1.35. The molecule has 12 nitrogen and oxygen atoms in total. The molecule has 0 spiro atoms. The molecule has 338 valence electrons. The lowest BCUT2D eigenvalue weighted by molar-refractivity contribution is -0.137. The van der Waals surface area contributed by atoms with Gasteiger partial charge in [0.2, 0.25) is 5.28 Å². The predicted molar refractivity (Wildman–Crippen MR) is 243 cm³/mol. The minimum absolute atomic E-state index is 0.00489. The van der Waals surface area contributed by atoms with Gasteiger partial charge in [0.1, 0.15) is 46.8 Å². The normalized spacial score (nSPS) is 11.9. The molecule has 18 heteroatoms. The van der Waals surface area contributed by atoms with Crippen LogP contribution in [0.25, 0.3) is 22.2 Å². The van der Waals surface area contributed by atoms with Crippen LogP contribution in [-0.4, -0.2) is 59.4 Å². The van der Waals surface area contributed by atoms with Crippen molar-refractivity contribution >= 4 is 45.7 Å². The molecule has 7 aromatic rings. The van der Waals surface area contributed by atoms with E-state index in [0.717, 1.165) is 22.4 Å². The summed E-state index contributed by atoms with van der Waals surface area (Å²) < 4.78 is 84.7. The lowest BCUT2D eigenvalue weighted by Crippen LogP contribution is -2.26. The van der Waals surface area contributed by atoms with Gasteiger partial charge in [-0.2, -0.15) is 13.2 Å². The Morgan fingerprint density at radius 2 is 1.34 bits per heavy atom. The zero-order chi connectivity index (χ0) is 46.3. The number of hydrogen-bond donors (Lipinski definition) is 2. The van der Waals surface area contributed by atoms with E-state index in [2.05, 4.69) is 35.6 Å². The van der Waals surface area contributed by atoms with Gasteiger partial charge in [-0.1, -0.05) is 48.0 Å². The molecule has 0 saturated heterocycles. The third-order valence-electron chi connectivity index (χ3n) is 10.5. The number of pyridine rings is 1. The average Bonchev–Trinajstić information content (AvgIpc) is 3.30. The summed E-state index contributed by atoms with van der Waals surface area (Å²) >= 11 is 13.2. The van der Waals surface area contributed by atoms with E-state index in [1.54, 1.807) is 62.9 Å². The molecule has 0 aliphatic rings. The molecule has 4 aromatic carbocycles. The molecule has 0 saturated carbocycles. The zero-order valence-electron chi connectivity index (χ0n) is 35.9. The summed E-state index contributed by atoms with van der Waals surface area (Å²) in [5.41, 5.74) is 0.0237. The highest BCUT2D eigenvalue weighted by Crippen LogP contribution is 2.48. The number of hydrogen-bond acceptors (Lipinski definition) is 12. The minimum atomic E-state index is -4.99. The first-order valence-corrected chi connectivity index (χ1v) is 21.0. The topological polar surface area (TPSA) is 129 Å². The van der Waals surface area contributed by atoms with Crippen LogP contribution in [-0.2, 0) is 25.8 Å². The van der Waals surface area contributed by atoms with Crippen LogP contribution in [0.3, 0.4) is 0 Å². The van der Waals surface area contributed by atoms with Gasteiger partial charge < -0.3 is 34.5 Å². The molecule has 0 fully saturated rings. The van der Waals surface area contributed by atoms with E-state index in [0.29, 0.717) is 29.6 Å². The zero-order valence-corrected chi connectivity index (χ0v) is 37.4. The van der Waals surface area contributed by atoms with Crippen molar-refractivity contribution in [3.8, 4) is 34.3 Å². The van der Waals surface area contributed by atoms with Crippen LogP contribution in [0.4, 0.5) is 29.2 Å². The van der Waals surface area contributed by atoms with E-state index < -0.39 is 39.4 Å². The number of benzene rings is 4. The van der Waals surface area contributed by atoms with Gasteiger partial charge in [-0.25, -0.2) is 24.3 Å². The van der Waals surface area contributed by atoms with Crippen molar-refractivity contribution in [1.29, 1.82) is 0 Å². The molecule has 3 aromatic heterocycles. The number of fused-ring (bicyclic) bond motifs is 1. The van der Waals surface area contributed by atoms with Crippen LogP contribution < -0.4 is 34.5 Å². The number of halogens is 6. The van der Waals surface area contributed by atoms with Crippen molar-refractivity contribution in [1.82, 2.24) is 30.2 Å². The third kappa shape index (κ3) is 10.9. The van der Waals surface area contributed by atoms with Gasteiger partial charge in [-0.15, -0.1) is 0 Å². The minimum Gasteiger partial charge on any atom is -0.497 e. The Balaban J connectivity index is 1.22. The van der Waals surface area contributed by atoms with Crippen LogP contribution in [0.15, 0.2) is 97.5 Å². The van der Waals surface area contributed by atoms with Crippen LogP contribution in [0.5, 0.6) is 23.0 Å². The third-order valence-corrected chi connectivity index (χ3v) is 11.1. The number of nitrogens with one attached hydrogen (secondary N) is 2. The van der Waals surface area contributed by atoms with Crippen molar-refractivity contribution < 1.29 is 36.5 Å². The number of alkyl halides is 3. The second kappa shape index (κ2) is 20.6. The molecular formula is C47H44Cl2F4N8O4. The SMILES string of the molecule is COc1ccc(CNc2nccnc2[C@@H](C)NCCOc2c(Cl)c(-c3nc(N(Cc4ccc(OC)cc4)Cc4ccc(OC)cc4)cc(C)c3C(F)(F)F)c(F)c3nc(Cl)ncc23)cc1. The van der Waals surface area contributed by atoms with E-state index >= 15 is 17.6 Å². The van der Waals surface area contributed by atoms with E-state index in [4.69, 9.17) is 42.1 Å². The first-order chi connectivity index (χ1) is 31.3. The molecule has 7 rings (SSSR count). The van der Waals surface area contributed by atoms with Gasteiger partial charge in [-0.3, -0.25) is 4.98 Å². The van der Waals surface area contributed by atoms with Gasteiger partial charge in [-0.05, 0) is 90.2 Å². The molecule has 0 aliphatic heterocycles. The van der Waals surface area contributed by atoms with Crippen LogP contribution in [0.1, 0.15) is 46.5 Å². The summed E-state index contributed by atoms with van der Waals surface area (Å²) in [6.45, 7) is 4.20. The van der Waals surface area contributed by atoms with Gasteiger partial charge >= 0.3 is 6.18 Å². The van der Waals surface area contributed by atoms with Crippen molar-refractivity contribution in [3.05, 3.63) is 147 Å². The first kappa shape index (κ1) is 46.5. The number of anilines is 2. The lowest BCUT2D eigenvalue weighted by Gasteiger charge is -2.27. The number of nitrogens with zero attached hydrogens (tertiary/aromatic N) is 6. The Bertz CT molecular complexity index is 2700. The van der Waals surface area contributed by atoms with Gasteiger partial charge in [0.05, 0.1) is 60.3 Å². The van der Waals surface area contributed by atoms with Gasteiger partial charge in [0.15, 0.2) is 5.82 Å². The molecule has 65 heavy (non-hydrogen) atoms. The highest BCUT2D eigenvalue weighted by atomic mass is 35.5. The fourth-order valence-corrected chi connectivity index (χ4v) is 7.68. The Hall–Kier alpha value is -6.49. The molecule has 0 amide bonds. The van der Waals surface area contributed by atoms with Crippen molar-refractivity contribution in [2.75, 3.05) is 44.7 Å². The maximum absolute atomic E-state index is 17.0. The Morgan fingerprint density at radius 1 is 0.769 bits per heavy atom. The fourth-order valence-electron chi connectivity index (χ4n) is 7.22. The van der Waals surface area contributed by atoms with Crippen LogP contribution in [0.2, 0.25) is 10.3 Å². The fraction of sp³-hybridized carbons (Fsp3) is 0.255. The average molecular weight is 932 g/mol. The summed E-state index contributed by atoms with van der Waals surface area (Å²) in [6.07, 6.45) is -0.615. The predicted octanol–water partition coefficient (Wildman–Crippen LogP) is 10.8. The summed E-state index contributed by atoms with van der Waals surface area (Å²) in [7, 11) is 4.70. The maximum Gasteiger partial charge on any atom is 0.418 e. The largest absolute Gasteiger partial charge is 0.497 e. The quantitative estimate of drug-likeness (QED) is 0.0483.